The molecule has 0 heterocycles. The van der Waals surface area contributed by atoms with E-state index >= 15 is 0 Å². The predicted octanol–water partition coefficient (Wildman–Crippen LogP) is 3.07. The summed E-state index contributed by atoms with van der Waals surface area (Å²) in [6.45, 7) is 3.39. The molecule has 0 aliphatic rings. The summed E-state index contributed by atoms with van der Waals surface area (Å²) < 4.78 is 18.0. The molecular formula is C13H19FO2. The van der Waals surface area contributed by atoms with Crippen molar-refractivity contribution in [2.45, 2.75) is 32.3 Å². The molecule has 0 saturated heterocycles. The summed E-state index contributed by atoms with van der Waals surface area (Å²) in [6, 6.07) is 5.92. The molecule has 0 amide bonds. The lowest BCUT2D eigenvalue weighted by molar-refractivity contribution is 0.0804. The molecule has 0 aliphatic heterocycles. The number of aliphatic hydroxyl groups excluding tert-OH is 1. The van der Waals surface area contributed by atoms with Gasteiger partial charge in [-0.15, -0.1) is 0 Å². The summed E-state index contributed by atoms with van der Waals surface area (Å²) >= 11 is 0. The van der Waals surface area contributed by atoms with Crippen LogP contribution in [0.5, 0.6) is 0 Å². The summed E-state index contributed by atoms with van der Waals surface area (Å²) in [6.07, 6.45) is 2.14. The first kappa shape index (κ1) is 13.1. The molecule has 0 aromatic heterocycles. The van der Waals surface area contributed by atoms with Crippen LogP contribution in [0.1, 0.15) is 37.9 Å². The zero-order chi connectivity index (χ0) is 11.8. The van der Waals surface area contributed by atoms with Gasteiger partial charge in [-0.05, 0) is 24.1 Å². The van der Waals surface area contributed by atoms with E-state index in [2.05, 4.69) is 6.92 Å². The quantitative estimate of drug-likeness (QED) is 0.724. The van der Waals surface area contributed by atoms with E-state index in [9.17, 15) is 9.50 Å². The smallest absolute Gasteiger partial charge is 0.123 e. The highest BCUT2D eigenvalue weighted by Gasteiger charge is 2.06. The Balaban J connectivity index is 2.24. The lowest BCUT2D eigenvalue weighted by Gasteiger charge is -2.11. The third-order valence-corrected chi connectivity index (χ3v) is 2.43. The van der Waals surface area contributed by atoms with Gasteiger partial charge in [0.25, 0.3) is 0 Å². The molecule has 0 bridgehead atoms. The van der Waals surface area contributed by atoms with Gasteiger partial charge in [-0.1, -0.05) is 25.5 Å². The van der Waals surface area contributed by atoms with Crippen LogP contribution in [-0.2, 0) is 4.74 Å². The number of hydrogen-bond donors (Lipinski definition) is 1. The molecular weight excluding hydrogens is 207 g/mol. The van der Waals surface area contributed by atoms with Gasteiger partial charge in [0, 0.05) is 19.6 Å². The first-order valence-electron chi connectivity index (χ1n) is 5.75. The second kappa shape index (κ2) is 7.36. The van der Waals surface area contributed by atoms with Crippen molar-refractivity contribution in [1.82, 2.24) is 0 Å². The number of halogens is 1. The van der Waals surface area contributed by atoms with Crippen molar-refractivity contribution in [3.05, 3.63) is 35.6 Å². The normalized spacial score (nSPS) is 12.7. The molecule has 16 heavy (non-hydrogen) atoms. The Hall–Kier alpha value is -0.930. The first-order chi connectivity index (χ1) is 7.74. The minimum absolute atomic E-state index is 0.282. The van der Waals surface area contributed by atoms with Crippen LogP contribution in [0.3, 0.4) is 0 Å². The Morgan fingerprint density at radius 3 is 2.56 bits per heavy atom. The Labute approximate surface area is 96.1 Å². The number of ether oxygens (including phenoxy) is 1. The molecule has 1 rings (SSSR count). The average Bonchev–Trinajstić information content (AvgIpc) is 2.29. The Morgan fingerprint density at radius 2 is 1.94 bits per heavy atom. The van der Waals surface area contributed by atoms with Crippen molar-refractivity contribution >= 4 is 0 Å². The number of unbranched alkanes of at least 4 members (excludes halogenated alkanes) is 1. The zero-order valence-corrected chi connectivity index (χ0v) is 9.66. The highest BCUT2D eigenvalue weighted by molar-refractivity contribution is 5.18. The summed E-state index contributed by atoms with van der Waals surface area (Å²) in [5, 5.41) is 9.77. The number of benzene rings is 1. The highest BCUT2D eigenvalue weighted by atomic mass is 19.1. The summed E-state index contributed by atoms with van der Waals surface area (Å²) in [5.74, 6) is -0.282. The molecule has 1 unspecified atom stereocenters. The molecule has 0 spiro atoms. The van der Waals surface area contributed by atoms with Crippen molar-refractivity contribution in [1.29, 1.82) is 0 Å². The Morgan fingerprint density at radius 1 is 1.25 bits per heavy atom. The van der Waals surface area contributed by atoms with E-state index in [1.54, 1.807) is 12.1 Å². The molecule has 1 aromatic carbocycles. The SMILES string of the molecule is CCCCOCCC(O)c1ccc(F)cc1. The zero-order valence-electron chi connectivity index (χ0n) is 9.66. The van der Waals surface area contributed by atoms with Crippen molar-refractivity contribution in [2.75, 3.05) is 13.2 Å². The van der Waals surface area contributed by atoms with E-state index in [0.717, 1.165) is 25.0 Å². The fraction of sp³-hybridized carbons (Fsp3) is 0.538. The molecule has 1 atom stereocenters. The van der Waals surface area contributed by atoms with E-state index in [1.807, 2.05) is 0 Å². The van der Waals surface area contributed by atoms with Gasteiger partial charge in [0.15, 0.2) is 0 Å². The Kier molecular flexibility index (Phi) is 6.04. The van der Waals surface area contributed by atoms with E-state index in [4.69, 9.17) is 4.74 Å². The molecule has 0 aliphatic carbocycles. The molecule has 0 saturated carbocycles. The Bertz CT molecular complexity index is 284. The van der Waals surface area contributed by atoms with Crippen LogP contribution in [-0.4, -0.2) is 18.3 Å². The van der Waals surface area contributed by atoms with Crippen LogP contribution in [0.25, 0.3) is 0 Å². The van der Waals surface area contributed by atoms with Crippen molar-refractivity contribution in [3.8, 4) is 0 Å². The lowest BCUT2D eigenvalue weighted by atomic mass is 10.1. The van der Waals surface area contributed by atoms with Gasteiger partial charge in [0.05, 0.1) is 6.10 Å². The number of aliphatic hydroxyl groups is 1. The van der Waals surface area contributed by atoms with Crippen LogP contribution in [0.4, 0.5) is 4.39 Å². The molecule has 0 radical (unpaired) electrons. The van der Waals surface area contributed by atoms with Gasteiger partial charge < -0.3 is 9.84 Å². The second-order valence-electron chi connectivity index (χ2n) is 3.82. The van der Waals surface area contributed by atoms with E-state index in [1.165, 1.54) is 12.1 Å². The first-order valence-corrected chi connectivity index (χ1v) is 5.75. The fourth-order valence-corrected chi connectivity index (χ4v) is 1.40. The van der Waals surface area contributed by atoms with Crippen LogP contribution in [0.2, 0.25) is 0 Å². The van der Waals surface area contributed by atoms with E-state index < -0.39 is 6.10 Å². The molecule has 3 heteroatoms. The molecule has 0 fully saturated rings. The highest BCUT2D eigenvalue weighted by Crippen LogP contribution is 2.16. The molecule has 1 aromatic rings. The van der Waals surface area contributed by atoms with Crippen LogP contribution >= 0.6 is 0 Å². The maximum Gasteiger partial charge on any atom is 0.123 e. The van der Waals surface area contributed by atoms with Crippen molar-refractivity contribution < 1.29 is 14.2 Å². The van der Waals surface area contributed by atoms with Crippen LogP contribution in [0, 0.1) is 5.82 Å². The van der Waals surface area contributed by atoms with Gasteiger partial charge >= 0.3 is 0 Å². The summed E-state index contributed by atoms with van der Waals surface area (Å²) in [7, 11) is 0. The van der Waals surface area contributed by atoms with Crippen LogP contribution in [0.15, 0.2) is 24.3 Å². The maximum absolute atomic E-state index is 12.6. The van der Waals surface area contributed by atoms with Crippen molar-refractivity contribution in [3.63, 3.8) is 0 Å². The minimum Gasteiger partial charge on any atom is -0.388 e. The third-order valence-electron chi connectivity index (χ3n) is 2.43. The largest absolute Gasteiger partial charge is 0.388 e. The minimum atomic E-state index is -0.567. The van der Waals surface area contributed by atoms with Gasteiger partial charge in [0.1, 0.15) is 5.82 Å². The standard InChI is InChI=1S/C13H19FO2/c1-2-3-9-16-10-8-13(15)11-4-6-12(14)7-5-11/h4-7,13,15H,2-3,8-10H2,1H3. The summed E-state index contributed by atoms with van der Waals surface area (Å²) in [4.78, 5) is 0. The van der Waals surface area contributed by atoms with E-state index in [-0.39, 0.29) is 5.82 Å². The average molecular weight is 226 g/mol. The fourth-order valence-electron chi connectivity index (χ4n) is 1.40. The molecule has 2 nitrogen and oxygen atoms in total. The third kappa shape index (κ3) is 4.73. The second-order valence-corrected chi connectivity index (χ2v) is 3.82. The molecule has 90 valence electrons. The van der Waals surface area contributed by atoms with Gasteiger partial charge in [-0.2, -0.15) is 0 Å². The van der Waals surface area contributed by atoms with Crippen LogP contribution < -0.4 is 0 Å². The summed E-state index contributed by atoms with van der Waals surface area (Å²) in [5.41, 5.74) is 0.737. The van der Waals surface area contributed by atoms with Gasteiger partial charge in [-0.3, -0.25) is 0 Å². The monoisotopic (exact) mass is 226 g/mol. The predicted molar refractivity (Wildman–Crippen MR) is 61.7 cm³/mol. The topological polar surface area (TPSA) is 29.5 Å². The van der Waals surface area contributed by atoms with Gasteiger partial charge in [-0.25, -0.2) is 4.39 Å². The maximum atomic E-state index is 12.6. The lowest BCUT2D eigenvalue weighted by Crippen LogP contribution is -2.04. The number of rotatable bonds is 7. The van der Waals surface area contributed by atoms with Gasteiger partial charge in [0.2, 0.25) is 0 Å². The van der Waals surface area contributed by atoms with E-state index in [0.29, 0.717) is 13.0 Å². The number of hydrogen-bond acceptors (Lipinski definition) is 2. The molecule has 1 N–H and O–H groups in total. The van der Waals surface area contributed by atoms with Crippen molar-refractivity contribution in [2.24, 2.45) is 0 Å².